The molecule has 0 spiro atoms. The quantitative estimate of drug-likeness (QED) is 0.217. The number of fused-ring (bicyclic) bond motifs is 15. The maximum Gasteiger partial charge on any atom is 0.146 e. The summed E-state index contributed by atoms with van der Waals surface area (Å²) in [5.41, 5.74) is 15.9. The molecule has 162 valence electrons. The van der Waals surface area contributed by atoms with Gasteiger partial charge in [-0.05, 0) is 93.1 Å². The van der Waals surface area contributed by atoms with E-state index in [0.717, 1.165) is 24.0 Å². The standard InChI is InChI=1S/C33H20N2/c1-2-8-22-19(7-1)15-20-16-21-17-28-23(27(21)18-26(20)22)13-14-25-32(28)24-9-3-5-11-30(24)35-31-12-6-4-10-29(31)34-33(25)35/h1-14,16,18H,15,17H2. The lowest BCUT2D eigenvalue weighted by Gasteiger charge is -2.13. The highest BCUT2D eigenvalue weighted by Gasteiger charge is 2.27. The molecule has 0 bridgehead atoms. The maximum atomic E-state index is 5.11. The molecule has 2 aliphatic rings. The lowest BCUT2D eigenvalue weighted by atomic mass is 9.95. The number of imidazole rings is 1. The number of rotatable bonds is 0. The topological polar surface area (TPSA) is 17.3 Å². The zero-order valence-corrected chi connectivity index (χ0v) is 19.0. The van der Waals surface area contributed by atoms with Gasteiger partial charge >= 0.3 is 0 Å². The van der Waals surface area contributed by atoms with Crippen molar-refractivity contribution >= 4 is 38.4 Å². The number of pyridine rings is 1. The second-order valence-corrected chi connectivity index (χ2v) is 9.97. The van der Waals surface area contributed by atoms with Gasteiger partial charge in [0.2, 0.25) is 0 Å². The van der Waals surface area contributed by atoms with Gasteiger partial charge in [0.1, 0.15) is 5.65 Å². The zero-order chi connectivity index (χ0) is 22.7. The Balaban J connectivity index is 1.40. The summed E-state index contributed by atoms with van der Waals surface area (Å²) in [5.74, 6) is 0. The molecule has 0 saturated carbocycles. The van der Waals surface area contributed by atoms with Crippen LogP contribution in [0, 0.1) is 0 Å². The van der Waals surface area contributed by atoms with E-state index in [0.29, 0.717) is 0 Å². The first-order valence-electron chi connectivity index (χ1n) is 12.3. The van der Waals surface area contributed by atoms with Gasteiger partial charge in [0.15, 0.2) is 0 Å². The first-order valence-corrected chi connectivity index (χ1v) is 12.3. The van der Waals surface area contributed by atoms with E-state index in [1.165, 1.54) is 71.7 Å². The van der Waals surface area contributed by atoms with Crippen molar-refractivity contribution in [2.75, 3.05) is 0 Å². The molecule has 5 aromatic carbocycles. The molecule has 0 radical (unpaired) electrons. The molecule has 9 rings (SSSR count). The average molecular weight is 445 g/mol. The summed E-state index contributed by atoms with van der Waals surface area (Å²) in [5, 5.41) is 3.91. The third-order valence-corrected chi connectivity index (χ3v) is 8.20. The summed E-state index contributed by atoms with van der Waals surface area (Å²) >= 11 is 0. The Morgan fingerprint density at radius 2 is 1.31 bits per heavy atom. The molecule has 2 aromatic heterocycles. The summed E-state index contributed by atoms with van der Waals surface area (Å²) in [6.45, 7) is 0. The van der Waals surface area contributed by atoms with Crippen molar-refractivity contribution in [2.45, 2.75) is 12.8 Å². The van der Waals surface area contributed by atoms with Crippen LogP contribution in [0.5, 0.6) is 0 Å². The summed E-state index contributed by atoms with van der Waals surface area (Å²) < 4.78 is 2.34. The Hall–Kier alpha value is -4.43. The number of benzene rings is 5. The van der Waals surface area contributed by atoms with E-state index < -0.39 is 0 Å². The predicted molar refractivity (Wildman–Crippen MR) is 144 cm³/mol. The summed E-state index contributed by atoms with van der Waals surface area (Å²) in [7, 11) is 0. The molecule has 0 amide bonds. The average Bonchev–Trinajstić information content (AvgIpc) is 3.58. The maximum absolute atomic E-state index is 5.11. The minimum absolute atomic E-state index is 0.978. The van der Waals surface area contributed by atoms with Crippen LogP contribution < -0.4 is 0 Å². The minimum atomic E-state index is 0.978. The Labute approximate surface area is 202 Å². The van der Waals surface area contributed by atoms with Crippen LogP contribution in [0.3, 0.4) is 0 Å². The van der Waals surface area contributed by atoms with Crippen molar-refractivity contribution in [3.05, 3.63) is 119 Å². The highest BCUT2D eigenvalue weighted by Crippen LogP contribution is 2.48. The van der Waals surface area contributed by atoms with Crippen molar-refractivity contribution < 1.29 is 0 Å². The molecule has 2 aliphatic carbocycles. The number of para-hydroxylation sites is 3. The summed E-state index contributed by atoms with van der Waals surface area (Å²) in [4.78, 5) is 5.11. The fraction of sp³-hybridized carbons (Fsp3) is 0.0606. The van der Waals surface area contributed by atoms with Crippen LogP contribution in [-0.4, -0.2) is 9.38 Å². The molecule has 2 heterocycles. The van der Waals surface area contributed by atoms with Gasteiger partial charge in [0.05, 0.1) is 16.6 Å². The zero-order valence-electron chi connectivity index (χ0n) is 19.0. The summed E-state index contributed by atoms with van der Waals surface area (Å²) in [6.07, 6.45) is 2.02. The molecule has 0 unspecified atom stereocenters. The van der Waals surface area contributed by atoms with Crippen molar-refractivity contribution in [3.8, 4) is 22.3 Å². The van der Waals surface area contributed by atoms with E-state index in [1.54, 1.807) is 0 Å². The first kappa shape index (κ1) is 18.0. The fourth-order valence-electron chi connectivity index (χ4n) is 6.73. The third kappa shape index (κ3) is 2.18. The van der Waals surface area contributed by atoms with Gasteiger partial charge in [0, 0.05) is 10.8 Å². The first-order chi connectivity index (χ1) is 17.3. The Bertz CT molecular complexity index is 2060. The van der Waals surface area contributed by atoms with E-state index >= 15 is 0 Å². The largest absolute Gasteiger partial charge is 0.292 e. The molecule has 0 N–H and O–H groups in total. The fourth-order valence-corrected chi connectivity index (χ4v) is 6.73. The van der Waals surface area contributed by atoms with Crippen molar-refractivity contribution in [1.82, 2.24) is 9.38 Å². The SMILES string of the molecule is c1ccc2c(c1)Cc1cc3c(cc1-2)-c1ccc2c(c1C3)c1ccccc1n1c3ccccc3nc21. The smallest absolute Gasteiger partial charge is 0.146 e. The van der Waals surface area contributed by atoms with Crippen LogP contribution in [0.25, 0.3) is 60.6 Å². The molecule has 0 saturated heterocycles. The third-order valence-electron chi connectivity index (χ3n) is 8.20. The van der Waals surface area contributed by atoms with Gasteiger partial charge in [-0.2, -0.15) is 0 Å². The number of hydrogen-bond donors (Lipinski definition) is 0. The second kappa shape index (κ2) is 6.17. The molecule has 2 nitrogen and oxygen atoms in total. The van der Waals surface area contributed by atoms with Crippen LogP contribution >= 0.6 is 0 Å². The molecular weight excluding hydrogens is 424 g/mol. The van der Waals surface area contributed by atoms with Crippen molar-refractivity contribution in [1.29, 1.82) is 0 Å². The van der Waals surface area contributed by atoms with E-state index in [1.807, 2.05) is 0 Å². The van der Waals surface area contributed by atoms with Crippen molar-refractivity contribution in [2.24, 2.45) is 0 Å². The van der Waals surface area contributed by atoms with Crippen LogP contribution in [0.4, 0.5) is 0 Å². The molecule has 0 atom stereocenters. The highest BCUT2D eigenvalue weighted by atomic mass is 15.0. The Kier molecular flexibility index (Phi) is 3.16. The lowest BCUT2D eigenvalue weighted by molar-refractivity contribution is 1.22. The lowest BCUT2D eigenvalue weighted by Crippen LogP contribution is -1.94. The van der Waals surface area contributed by atoms with Gasteiger partial charge in [0.25, 0.3) is 0 Å². The van der Waals surface area contributed by atoms with Gasteiger partial charge in [-0.25, -0.2) is 4.98 Å². The number of aromatic nitrogens is 2. The number of hydrogen-bond acceptors (Lipinski definition) is 1. The van der Waals surface area contributed by atoms with Gasteiger partial charge in [-0.3, -0.25) is 4.40 Å². The van der Waals surface area contributed by atoms with Crippen LogP contribution in [0.1, 0.15) is 22.3 Å². The normalized spacial score (nSPS) is 13.5. The molecule has 0 fully saturated rings. The van der Waals surface area contributed by atoms with Gasteiger partial charge in [-0.1, -0.05) is 66.7 Å². The van der Waals surface area contributed by atoms with E-state index in [2.05, 4.69) is 101 Å². The van der Waals surface area contributed by atoms with Crippen LogP contribution in [-0.2, 0) is 12.8 Å². The predicted octanol–water partition coefficient (Wildman–Crippen LogP) is 7.94. The minimum Gasteiger partial charge on any atom is -0.292 e. The molecule has 0 aliphatic heterocycles. The molecule has 2 heteroatoms. The molecular formula is C33H20N2. The van der Waals surface area contributed by atoms with E-state index in [-0.39, 0.29) is 0 Å². The highest BCUT2D eigenvalue weighted by molar-refractivity contribution is 6.17. The second-order valence-electron chi connectivity index (χ2n) is 9.97. The summed E-state index contributed by atoms with van der Waals surface area (Å²) in [6, 6.07) is 35.7. The van der Waals surface area contributed by atoms with Crippen molar-refractivity contribution in [3.63, 3.8) is 0 Å². The molecule has 35 heavy (non-hydrogen) atoms. The Morgan fingerprint density at radius 3 is 2.29 bits per heavy atom. The van der Waals surface area contributed by atoms with Crippen LogP contribution in [0.15, 0.2) is 97.1 Å². The van der Waals surface area contributed by atoms with E-state index in [4.69, 9.17) is 4.98 Å². The van der Waals surface area contributed by atoms with Gasteiger partial charge in [-0.15, -0.1) is 0 Å². The molecule has 7 aromatic rings. The van der Waals surface area contributed by atoms with E-state index in [9.17, 15) is 0 Å². The Morgan fingerprint density at radius 1 is 0.543 bits per heavy atom. The van der Waals surface area contributed by atoms with Gasteiger partial charge < -0.3 is 0 Å². The monoisotopic (exact) mass is 444 g/mol. The number of nitrogens with zero attached hydrogens (tertiary/aromatic N) is 2. The van der Waals surface area contributed by atoms with Crippen LogP contribution in [0.2, 0.25) is 0 Å².